The van der Waals surface area contributed by atoms with Crippen LogP contribution in [0, 0.1) is 0 Å². The maximum atomic E-state index is 12.1. The van der Waals surface area contributed by atoms with Crippen LogP contribution in [0.2, 0.25) is 0 Å². The van der Waals surface area contributed by atoms with Gasteiger partial charge in [-0.2, -0.15) is 0 Å². The highest BCUT2D eigenvalue weighted by molar-refractivity contribution is 7.99. The number of hydrogen-bond donors (Lipinski definition) is 1. The van der Waals surface area contributed by atoms with Crippen LogP contribution in [-0.2, 0) is 6.54 Å². The van der Waals surface area contributed by atoms with E-state index in [0.717, 1.165) is 15.5 Å². The second-order valence-electron chi connectivity index (χ2n) is 4.83. The minimum absolute atomic E-state index is 0.0869. The smallest absolute Gasteiger partial charge is 0.251 e. The van der Waals surface area contributed by atoms with E-state index in [2.05, 4.69) is 15.3 Å². The molecule has 1 N–H and O–H groups in total. The Hall–Kier alpha value is -2.66. The number of carbonyl (C=O) groups excluding carboxylic acids is 1. The summed E-state index contributed by atoms with van der Waals surface area (Å²) >= 11 is 1.57. The molecule has 3 rings (SSSR count). The number of amides is 1. The van der Waals surface area contributed by atoms with E-state index < -0.39 is 0 Å². The molecule has 4 nitrogen and oxygen atoms in total. The number of pyridine rings is 2. The zero-order valence-corrected chi connectivity index (χ0v) is 13.2. The van der Waals surface area contributed by atoms with Crippen molar-refractivity contribution in [2.75, 3.05) is 0 Å². The molecule has 114 valence electrons. The van der Waals surface area contributed by atoms with E-state index in [1.165, 1.54) is 0 Å². The summed E-state index contributed by atoms with van der Waals surface area (Å²) in [5, 5.41) is 3.83. The van der Waals surface area contributed by atoms with Crippen LogP contribution in [0.4, 0.5) is 0 Å². The molecule has 0 atom stereocenters. The van der Waals surface area contributed by atoms with Gasteiger partial charge >= 0.3 is 0 Å². The van der Waals surface area contributed by atoms with Gasteiger partial charge in [0.1, 0.15) is 5.03 Å². The second-order valence-corrected chi connectivity index (χ2v) is 5.93. The topological polar surface area (TPSA) is 54.9 Å². The largest absolute Gasteiger partial charge is 0.348 e. The Labute approximate surface area is 139 Å². The monoisotopic (exact) mass is 321 g/mol. The van der Waals surface area contributed by atoms with Gasteiger partial charge in [0.25, 0.3) is 5.91 Å². The van der Waals surface area contributed by atoms with Gasteiger partial charge in [-0.05, 0) is 54.1 Å². The van der Waals surface area contributed by atoms with Crippen LogP contribution in [0.25, 0.3) is 0 Å². The zero-order chi connectivity index (χ0) is 15.9. The van der Waals surface area contributed by atoms with E-state index in [9.17, 15) is 4.79 Å². The van der Waals surface area contributed by atoms with Crippen LogP contribution in [-0.4, -0.2) is 15.9 Å². The van der Waals surface area contributed by atoms with Crippen LogP contribution in [0.3, 0.4) is 0 Å². The highest BCUT2D eigenvalue weighted by Gasteiger charge is 2.06. The lowest BCUT2D eigenvalue weighted by molar-refractivity contribution is 0.0951. The molecule has 0 aliphatic carbocycles. The summed E-state index contributed by atoms with van der Waals surface area (Å²) in [5.41, 5.74) is 1.67. The normalized spacial score (nSPS) is 10.3. The fraction of sp³-hybridized carbons (Fsp3) is 0.0556. The highest BCUT2D eigenvalue weighted by Crippen LogP contribution is 2.25. The Morgan fingerprint density at radius 2 is 1.74 bits per heavy atom. The quantitative estimate of drug-likeness (QED) is 0.781. The van der Waals surface area contributed by atoms with Crippen molar-refractivity contribution in [3.05, 3.63) is 84.3 Å². The zero-order valence-electron chi connectivity index (χ0n) is 12.3. The highest BCUT2D eigenvalue weighted by atomic mass is 32.2. The van der Waals surface area contributed by atoms with Crippen molar-refractivity contribution in [3.63, 3.8) is 0 Å². The summed E-state index contributed by atoms with van der Waals surface area (Å²) in [6.45, 7) is 0.492. The lowest BCUT2D eigenvalue weighted by Gasteiger charge is -2.06. The van der Waals surface area contributed by atoms with E-state index in [1.54, 1.807) is 30.4 Å². The van der Waals surface area contributed by atoms with Gasteiger partial charge in [0.15, 0.2) is 0 Å². The summed E-state index contributed by atoms with van der Waals surface area (Å²) in [7, 11) is 0. The fourth-order valence-corrected chi connectivity index (χ4v) is 2.76. The van der Waals surface area contributed by atoms with Crippen molar-refractivity contribution in [1.29, 1.82) is 0 Å². The number of nitrogens with one attached hydrogen (secondary N) is 1. The standard InChI is InChI=1S/C18H15N3OS/c22-18(21-13-14-8-11-19-12-9-14)15-4-6-16(7-5-15)23-17-3-1-2-10-20-17/h1-12H,13H2,(H,21,22). The minimum atomic E-state index is -0.0869. The van der Waals surface area contributed by atoms with Crippen molar-refractivity contribution in [3.8, 4) is 0 Å². The van der Waals surface area contributed by atoms with Gasteiger partial charge in [0, 0.05) is 35.6 Å². The fourth-order valence-electron chi connectivity index (χ4n) is 1.99. The molecule has 5 heteroatoms. The van der Waals surface area contributed by atoms with E-state index in [-0.39, 0.29) is 5.91 Å². The average molecular weight is 321 g/mol. The van der Waals surface area contributed by atoms with Crippen LogP contribution >= 0.6 is 11.8 Å². The van der Waals surface area contributed by atoms with Crippen LogP contribution in [0.15, 0.2) is 83.1 Å². The van der Waals surface area contributed by atoms with Crippen molar-refractivity contribution < 1.29 is 4.79 Å². The molecule has 2 aromatic heterocycles. The molecule has 1 aromatic carbocycles. The molecule has 0 aliphatic rings. The van der Waals surface area contributed by atoms with E-state index in [1.807, 2.05) is 54.6 Å². The van der Waals surface area contributed by atoms with Gasteiger partial charge in [-0.1, -0.05) is 17.8 Å². The average Bonchev–Trinajstić information content (AvgIpc) is 2.62. The van der Waals surface area contributed by atoms with Gasteiger partial charge in [0.2, 0.25) is 0 Å². The lowest BCUT2D eigenvalue weighted by atomic mass is 10.2. The predicted molar refractivity (Wildman–Crippen MR) is 90.2 cm³/mol. The number of carbonyl (C=O) groups is 1. The molecule has 0 aliphatic heterocycles. The van der Waals surface area contributed by atoms with Crippen molar-refractivity contribution in [1.82, 2.24) is 15.3 Å². The summed E-state index contributed by atoms with van der Waals surface area (Å²) in [4.78, 5) is 21.4. The third-order valence-corrected chi connectivity index (χ3v) is 4.14. The van der Waals surface area contributed by atoms with Gasteiger partial charge in [-0.15, -0.1) is 0 Å². The van der Waals surface area contributed by atoms with Gasteiger partial charge in [-0.3, -0.25) is 9.78 Å². The summed E-state index contributed by atoms with van der Waals surface area (Å²) in [6, 6.07) is 17.1. The number of hydrogen-bond acceptors (Lipinski definition) is 4. The number of benzene rings is 1. The summed E-state index contributed by atoms with van der Waals surface area (Å²) in [5.74, 6) is -0.0869. The van der Waals surface area contributed by atoms with Crippen LogP contribution in [0.5, 0.6) is 0 Å². The first-order valence-electron chi connectivity index (χ1n) is 7.17. The summed E-state index contributed by atoms with van der Waals surface area (Å²) < 4.78 is 0. The minimum Gasteiger partial charge on any atom is -0.348 e. The molecular weight excluding hydrogens is 306 g/mol. The Morgan fingerprint density at radius 3 is 2.43 bits per heavy atom. The molecule has 0 unspecified atom stereocenters. The molecule has 0 saturated heterocycles. The van der Waals surface area contributed by atoms with Crippen molar-refractivity contribution >= 4 is 17.7 Å². The third-order valence-electron chi connectivity index (χ3n) is 3.18. The molecule has 0 fully saturated rings. The Balaban J connectivity index is 1.59. The molecule has 3 aromatic rings. The molecule has 0 radical (unpaired) electrons. The summed E-state index contributed by atoms with van der Waals surface area (Å²) in [6.07, 6.45) is 5.19. The van der Waals surface area contributed by atoms with Crippen molar-refractivity contribution in [2.24, 2.45) is 0 Å². The van der Waals surface area contributed by atoms with Crippen LogP contribution < -0.4 is 5.32 Å². The van der Waals surface area contributed by atoms with E-state index in [4.69, 9.17) is 0 Å². The Kier molecular flexibility index (Phi) is 5.01. The lowest BCUT2D eigenvalue weighted by Crippen LogP contribution is -2.22. The number of aromatic nitrogens is 2. The van der Waals surface area contributed by atoms with E-state index in [0.29, 0.717) is 12.1 Å². The molecule has 2 heterocycles. The van der Waals surface area contributed by atoms with Crippen LogP contribution in [0.1, 0.15) is 15.9 Å². The molecule has 0 bridgehead atoms. The maximum Gasteiger partial charge on any atom is 0.251 e. The third kappa shape index (κ3) is 4.40. The first-order valence-corrected chi connectivity index (χ1v) is 7.99. The van der Waals surface area contributed by atoms with Gasteiger partial charge < -0.3 is 5.32 Å². The molecule has 0 spiro atoms. The number of nitrogens with zero attached hydrogens (tertiary/aromatic N) is 2. The first-order chi connectivity index (χ1) is 11.3. The van der Waals surface area contributed by atoms with Gasteiger partial charge in [0.05, 0.1) is 0 Å². The van der Waals surface area contributed by atoms with Gasteiger partial charge in [-0.25, -0.2) is 4.98 Å². The number of rotatable bonds is 5. The second kappa shape index (κ2) is 7.56. The van der Waals surface area contributed by atoms with Crippen molar-refractivity contribution in [2.45, 2.75) is 16.5 Å². The SMILES string of the molecule is O=C(NCc1ccncc1)c1ccc(Sc2ccccn2)cc1. The Bertz CT molecular complexity index is 761. The Morgan fingerprint density at radius 1 is 0.957 bits per heavy atom. The predicted octanol–water partition coefficient (Wildman–Crippen LogP) is 3.56. The van der Waals surface area contributed by atoms with E-state index >= 15 is 0 Å². The molecule has 23 heavy (non-hydrogen) atoms. The maximum absolute atomic E-state index is 12.1. The molecular formula is C18H15N3OS. The molecule has 0 saturated carbocycles. The first kappa shape index (κ1) is 15.2. The molecule has 1 amide bonds.